The molecule has 1 aliphatic heterocycles. The van der Waals surface area contributed by atoms with Gasteiger partial charge in [-0.15, -0.1) is 0 Å². The molecule has 1 unspecified atom stereocenters. The summed E-state index contributed by atoms with van der Waals surface area (Å²) in [7, 11) is 0. The van der Waals surface area contributed by atoms with E-state index in [-0.39, 0.29) is 11.3 Å². The Morgan fingerprint density at radius 2 is 2.19 bits per heavy atom. The van der Waals surface area contributed by atoms with Crippen LogP contribution in [0.15, 0.2) is 29.0 Å². The van der Waals surface area contributed by atoms with Crippen LogP contribution in [0.2, 0.25) is 0 Å². The van der Waals surface area contributed by atoms with Gasteiger partial charge in [-0.05, 0) is 12.8 Å². The third kappa shape index (κ3) is 1.54. The largest absolute Gasteiger partial charge is 0.401 e. The number of hydrogen-bond acceptors (Lipinski definition) is 3. The highest BCUT2D eigenvalue weighted by atomic mass is 16.1. The van der Waals surface area contributed by atoms with Gasteiger partial charge < -0.3 is 11.5 Å². The Hall–Kier alpha value is -1.58. The Morgan fingerprint density at radius 3 is 2.75 bits per heavy atom. The van der Waals surface area contributed by atoms with Crippen LogP contribution in [-0.2, 0) is 4.79 Å². The van der Waals surface area contributed by atoms with E-state index in [1.807, 2.05) is 19.1 Å². The van der Waals surface area contributed by atoms with Crippen LogP contribution in [0.1, 0.15) is 26.2 Å². The summed E-state index contributed by atoms with van der Waals surface area (Å²) in [5.74, 6) is -0.233. The summed E-state index contributed by atoms with van der Waals surface area (Å²) in [6.45, 7) is 2.00. The number of rotatable bonds is 2. The van der Waals surface area contributed by atoms with Gasteiger partial charge in [0.15, 0.2) is 0 Å². The van der Waals surface area contributed by atoms with Crippen LogP contribution < -0.4 is 11.5 Å². The quantitative estimate of drug-likeness (QED) is 0.681. The molecule has 0 radical (unpaired) electrons. The van der Waals surface area contributed by atoms with Gasteiger partial charge in [-0.3, -0.25) is 9.79 Å². The molecular formula is C12H17N3O. The van der Waals surface area contributed by atoms with E-state index in [1.54, 1.807) is 12.4 Å². The molecule has 4 N–H and O–H groups in total. The van der Waals surface area contributed by atoms with Crippen LogP contribution in [-0.4, -0.2) is 12.1 Å². The van der Waals surface area contributed by atoms with E-state index in [9.17, 15) is 4.79 Å². The first kappa shape index (κ1) is 10.9. The average molecular weight is 219 g/mol. The molecule has 1 saturated carbocycles. The summed E-state index contributed by atoms with van der Waals surface area (Å²) < 4.78 is 0. The Bertz CT molecular complexity index is 404. The molecule has 0 aromatic carbocycles. The highest BCUT2D eigenvalue weighted by Gasteiger charge is 2.59. The molecule has 1 atom stereocenters. The average Bonchev–Trinajstić information content (AvgIpc) is 2.95. The zero-order valence-corrected chi connectivity index (χ0v) is 9.44. The lowest BCUT2D eigenvalue weighted by molar-refractivity contribution is -0.125. The molecule has 1 amide bonds. The molecule has 0 spiro atoms. The number of hydrogen-bond donors (Lipinski definition) is 2. The predicted molar refractivity (Wildman–Crippen MR) is 63.5 cm³/mol. The lowest BCUT2D eigenvalue weighted by Gasteiger charge is -2.30. The van der Waals surface area contributed by atoms with Crippen LogP contribution in [0.5, 0.6) is 0 Å². The molecule has 0 saturated heterocycles. The minimum atomic E-state index is -0.438. The number of amides is 1. The van der Waals surface area contributed by atoms with Crippen molar-refractivity contribution in [3.05, 3.63) is 24.0 Å². The number of allylic oxidation sites excluding steroid dienone is 2. The molecule has 86 valence electrons. The first-order valence-corrected chi connectivity index (χ1v) is 5.47. The smallest absolute Gasteiger partial charge is 0.224 e. The second-order valence-corrected chi connectivity index (χ2v) is 4.82. The van der Waals surface area contributed by atoms with Gasteiger partial charge in [0, 0.05) is 29.9 Å². The fraction of sp³-hybridized carbons (Fsp3) is 0.500. The zero-order chi connectivity index (χ0) is 11.8. The fourth-order valence-corrected chi connectivity index (χ4v) is 2.28. The third-order valence-corrected chi connectivity index (χ3v) is 3.65. The van der Waals surface area contributed by atoms with E-state index < -0.39 is 5.41 Å². The summed E-state index contributed by atoms with van der Waals surface area (Å²) in [6, 6.07) is 0. The van der Waals surface area contributed by atoms with Gasteiger partial charge in [0.05, 0.1) is 5.41 Å². The maximum Gasteiger partial charge on any atom is 0.224 e. The molecule has 2 rings (SSSR count). The first-order valence-electron chi connectivity index (χ1n) is 5.47. The van der Waals surface area contributed by atoms with Gasteiger partial charge in [0.2, 0.25) is 5.91 Å². The molecule has 0 aromatic rings. The third-order valence-electron chi connectivity index (χ3n) is 3.65. The van der Waals surface area contributed by atoms with Gasteiger partial charge in [-0.2, -0.15) is 0 Å². The number of nitrogens with zero attached hydrogens (tertiary/aromatic N) is 1. The van der Waals surface area contributed by atoms with Crippen LogP contribution in [0, 0.1) is 10.8 Å². The van der Waals surface area contributed by atoms with Crippen molar-refractivity contribution in [3.63, 3.8) is 0 Å². The number of nitrogens with two attached hydrogens (primary N) is 2. The second-order valence-electron chi connectivity index (χ2n) is 4.82. The Kier molecular flexibility index (Phi) is 2.37. The van der Waals surface area contributed by atoms with Crippen LogP contribution in [0.25, 0.3) is 0 Å². The molecule has 1 fully saturated rings. The molecule has 1 aliphatic carbocycles. The minimum absolute atomic E-state index is 0.233. The van der Waals surface area contributed by atoms with Gasteiger partial charge in [0.1, 0.15) is 0 Å². The summed E-state index contributed by atoms with van der Waals surface area (Å²) in [6.07, 6.45) is 9.77. The van der Waals surface area contributed by atoms with Crippen molar-refractivity contribution in [3.8, 4) is 0 Å². The van der Waals surface area contributed by atoms with Crippen molar-refractivity contribution in [2.75, 3.05) is 0 Å². The monoisotopic (exact) mass is 219 g/mol. The molecule has 1 heterocycles. The van der Waals surface area contributed by atoms with Crippen molar-refractivity contribution in [2.24, 2.45) is 27.3 Å². The van der Waals surface area contributed by atoms with Gasteiger partial charge >= 0.3 is 0 Å². The summed E-state index contributed by atoms with van der Waals surface area (Å²) in [5, 5.41) is 0. The normalized spacial score (nSPS) is 33.4. The maximum absolute atomic E-state index is 11.5. The van der Waals surface area contributed by atoms with Crippen molar-refractivity contribution in [1.29, 1.82) is 0 Å². The van der Waals surface area contributed by atoms with E-state index in [2.05, 4.69) is 4.99 Å². The number of aliphatic imine (C=N–C) groups is 1. The standard InChI is InChI=1S/C12H17N3O/c1-11(12(5-6-12)10(14)16)4-2-3-9(13)7-15-8-11/h2,4,7-8H,3,5-6,13H2,1H3,(H2,14,16)/b4-2-,9-7?,15-8?. The molecule has 0 bridgehead atoms. The van der Waals surface area contributed by atoms with Crippen LogP contribution in [0.4, 0.5) is 0 Å². The molecule has 0 aromatic heterocycles. The lowest BCUT2D eigenvalue weighted by Crippen LogP contribution is -2.39. The Morgan fingerprint density at radius 1 is 1.50 bits per heavy atom. The van der Waals surface area contributed by atoms with E-state index in [0.717, 1.165) is 18.5 Å². The van der Waals surface area contributed by atoms with Crippen molar-refractivity contribution in [1.82, 2.24) is 0 Å². The van der Waals surface area contributed by atoms with Gasteiger partial charge in [0.25, 0.3) is 0 Å². The van der Waals surface area contributed by atoms with Gasteiger partial charge in [-0.1, -0.05) is 19.1 Å². The van der Waals surface area contributed by atoms with Crippen LogP contribution >= 0.6 is 0 Å². The predicted octanol–water partition coefficient (Wildman–Crippen LogP) is 1.09. The Balaban J connectivity index is 2.35. The number of carbonyl (C=O) groups excluding carboxylic acids is 1. The topological polar surface area (TPSA) is 81.5 Å². The highest BCUT2D eigenvalue weighted by molar-refractivity contribution is 5.90. The maximum atomic E-state index is 11.5. The molecule has 2 aliphatic rings. The Labute approximate surface area is 95.1 Å². The number of primary amides is 1. The highest BCUT2D eigenvalue weighted by Crippen LogP contribution is 2.58. The second kappa shape index (κ2) is 3.47. The van der Waals surface area contributed by atoms with Crippen molar-refractivity contribution >= 4 is 12.1 Å². The van der Waals surface area contributed by atoms with Crippen LogP contribution in [0.3, 0.4) is 0 Å². The SMILES string of the molecule is CC1(C2(C(N)=O)CC2)C=NC=C(N)C/C=C\1. The summed E-state index contributed by atoms with van der Waals surface area (Å²) in [5.41, 5.74) is 11.1. The van der Waals surface area contributed by atoms with Crippen molar-refractivity contribution < 1.29 is 4.79 Å². The molecule has 4 nitrogen and oxygen atoms in total. The van der Waals surface area contributed by atoms with E-state index in [0.29, 0.717) is 6.42 Å². The molecule has 4 heteroatoms. The van der Waals surface area contributed by atoms with E-state index >= 15 is 0 Å². The summed E-state index contributed by atoms with van der Waals surface area (Å²) in [4.78, 5) is 15.7. The zero-order valence-electron chi connectivity index (χ0n) is 9.44. The fourth-order valence-electron chi connectivity index (χ4n) is 2.28. The lowest BCUT2D eigenvalue weighted by atomic mass is 9.74. The van der Waals surface area contributed by atoms with Gasteiger partial charge in [-0.25, -0.2) is 0 Å². The molecule has 16 heavy (non-hydrogen) atoms. The van der Waals surface area contributed by atoms with E-state index in [4.69, 9.17) is 11.5 Å². The number of carbonyl (C=O) groups is 1. The van der Waals surface area contributed by atoms with E-state index in [1.165, 1.54) is 0 Å². The van der Waals surface area contributed by atoms with Crippen molar-refractivity contribution in [2.45, 2.75) is 26.2 Å². The summed E-state index contributed by atoms with van der Waals surface area (Å²) >= 11 is 0. The molecular weight excluding hydrogens is 202 g/mol. The minimum Gasteiger partial charge on any atom is -0.401 e. The first-order chi connectivity index (χ1) is 7.50.